The van der Waals surface area contributed by atoms with E-state index in [-0.39, 0.29) is 38.6 Å². The Kier molecular flexibility index (Phi) is 49.6. The van der Waals surface area contributed by atoms with Gasteiger partial charge in [0, 0.05) is 12.8 Å². The third-order valence-corrected chi connectivity index (χ3v) is 12.2. The maximum Gasteiger partial charge on any atom is 0.306 e. The standard InChI is InChI=1S/C61H107NO8/c1-6-8-10-12-14-16-18-20-21-22-23-24-25-26-27-28-29-30-31-32-33-34-35-36-37-38-39-40-42-44-46-48-50-52-59(64)70-57(56-69-61(60(65)66)67-54-53-62(3,4)5)55-68-58(63)51-49-47-45-43-41-19-17-15-13-11-9-7-2/h8,10,14-17,20-21,23-24,26-27,57,61H,6-7,9,11-13,18-19,22,25,28-56H2,1-5H3/b10-8-,16-14-,17-15-,21-20-,24-23-,27-26-. The van der Waals surface area contributed by atoms with E-state index in [1.54, 1.807) is 0 Å². The smallest absolute Gasteiger partial charge is 0.306 e. The topological polar surface area (TPSA) is 111 Å². The first-order valence-electron chi connectivity index (χ1n) is 28.6. The summed E-state index contributed by atoms with van der Waals surface area (Å²) in [5.74, 6) is -2.29. The highest BCUT2D eigenvalue weighted by Crippen LogP contribution is 2.16. The van der Waals surface area contributed by atoms with Crippen molar-refractivity contribution in [3.63, 3.8) is 0 Å². The Morgan fingerprint density at radius 1 is 0.443 bits per heavy atom. The lowest BCUT2D eigenvalue weighted by molar-refractivity contribution is -0.870. The van der Waals surface area contributed by atoms with Crippen LogP contribution in [0.4, 0.5) is 0 Å². The molecule has 0 aromatic rings. The molecular weight excluding hydrogens is 875 g/mol. The Morgan fingerprint density at radius 2 is 0.814 bits per heavy atom. The molecule has 0 spiro atoms. The maximum atomic E-state index is 12.8. The average molecular weight is 983 g/mol. The van der Waals surface area contributed by atoms with Gasteiger partial charge in [-0.2, -0.15) is 0 Å². The number of aliphatic carboxylic acids is 1. The van der Waals surface area contributed by atoms with Crippen molar-refractivity contribution in [1.29, 1.82) is 0 Å². The number of allylic oxidation sites excluding steroid dienone is 12. The Bertz CT molecular complexity index is 1380. The van der Waals surface area contributed by atoms with Crippen LogP contribution in [0, 0.1) is 0 Å². The largest absolute Gasteiger partial charge is 0.545 e. The quantitative estimate of drug-likeness (QED) is 0.0195. The van der Waals surface area contributed by atoms with E-state index in [1.165, 1.54) is 122 Å². The summed E-state index contributed by atoms with van der Waals surface area (Å²) in [4.78, 5) is 37.1. The second-order valence-electron chi connectivity index (χ2n) is 20.2. The van der Waals surface area contributed by atoms with Gasteiger partial charge in [-0.3, -0.25) is 9.59 Å². The third kappa shape index (κ3) is 52.6. The Labute approximate surface area is 430 Å². The van der Waals surface area contributed by atoms with Gasteiger partial charge in [-0.05, 0) is 83.5 Å². The molecule has 0 fully saturated rings. The number of hydrogen-bond donors (Lipinski definition) is 0. The number of carbonyl (C=O) groups excluding carboxylic acids is 3. The molecule has 2 atom stereocenters. The van der Waals surface area contributed by atoms with E-state index in [2.05, 4.69) is 86.8 Å². The number of nitrogens with zero attached hydrogens (tertiary/aromatic N) is 1. The number of quaternary nitrogens is 1. The second-order valence-corrected chi connectivity index (χ2v) is 20.2. The van der Waals surface area contributed by atoms with Gasteiger partial charge >= 0.3 is 11.9 Å². The molecule has 0 heterocycles. The van der Waals surface area contributed by atoms with Gasteiger partial charge in [0.25, 0.3) is 0 Å². The number of ether oxygens (including phenoxy) is 4. The van der Waals surface area contributed by atoms with Crippen molar-refractivity contribution in [1.82, 2.24) is 0 Å². The second kappa shape index (κ2) is 52.1. The monoisotopic (exact) mass is 982 g/mol. The fraction of sp³-hybridized carbons (Fsp3) is 0.754. The van der Waals surface area contributed by atoms with Gasteiger partial charge in [0.05, 0.1) is 40.3 Å². The van der Waals surface area contributed by atoms with Crippen LogP contribution >= 0.6 is 0 Å². The van der Waals surface area contributed by atoms with Gasteiger partial charge in [0.2, 0.25) is 0 Å². The third-order valence-electron chi connectivity index (χ3n) is 12.2. The minimum atomic E-state index is -1.62. The molecule has 0 radical (unpaired) electrons. The van der Waals surface area contributed by atoms with E-state index >= 15 is 0 Å². The molecule has 9 nitrogen and oxygen atoms in total. The van der Waals surface area contributed by atoms with Crippen LogP contribution in [-0.2, 0) is 33.3 Å². The lowest BCUT2D eigenvalue weighted by Gasteiger charge is -2.26. The molecule has 0 rings (SSSR count). The minimum absolute atomic E-state index is 0.145. The number of carboxylic acid groups (broad SMARTS) is 1. The minimum Gasteiger partial charge on any atom is -0.545 e. The van der Waals surface area contributed by atoms with Crippen LogP contribution in [0.3, 0.4) is 0 Å². The number of carbonyl (C=O) groups is 3. The fourth-order valence-electron chi connectivity index (χ4n) is 7.79. The highest BCUT2D eigenvalue weighted by molar-refractivity contribution is 5.70. The fourth-order valence-corrected chi connectivity index (χ4v) is 7.79. The van der Waals surface area contributed by atoms with Crippen LogP contribution in [0.5, 0.6) is 0 Å². The summed E-state index contributed by atoms with van der Waals surface area (Å²) >= 11 is 0. The van der Waals surface area contributed by atoms with E-state index in [9.17, 15) is 19.5 Å². The van der Waals surface area contributed by atoms with Gasteiger partial charge in [-0.15, -0.1) is 0 Å². The molecule has 0 bridgehead atoms. The van der Waals surface area contributed by atoms with Gasteiger partial charge < -0.3 is 33.3 Å². The van der Waals surface area contributed by atoms with Crippen molar-refractivity contribution in [2.45, 2.75) is 251 Å². The summed E-state index contributed by atoms with van der Waals surface area (Å²) in [7, 11) is 5.91. The molecular formula is C61H107NO8. The summed E-state index contributed by atoms with van der Waals surface area (Å²) < 4.78 is 22.6. The SMILES string of the molecule is CC/C=C\C/C=C\C/C=C\C/C=C\C/C=C\CCCCCCCCCCCCCCCCCCCC(=O)OC(COC(=O)CCCCCCC/C=C\CCCCC)COC(OCC[N+](C)(C)C)C(=O)[O-]. The first-order valence-corrected chi connectivity index (χ1v) is 28.6. The molecule has 0 aliphatic rings. The molecule has 0 saturated heterocycles. The van der Waals surface area contributed by atoms with Crippen molar-refractivity contribution in [2.24, 2.45) is 0 Å². The predicted molar refractivity (Wildman–Crippen MR) is 292 cm³/mol. The molecule has 0 aliphatic heterocycles. The number of likely N-dealkylation sites (N-methyl/N-ethyl adjacent to an activating group) is 1. The van der Waals surface area contributed by atoms with Gasteiger partial charge in [-0.1, -0.05) is 215 Å². The zero-order valence-electron chi connectivity index (χ0n) is 45.9. The number of carboxylic acids is 1. The molecule has 0 saturated carbocycles. The van der Waals surface area contributed by atoms with Crippen molar-refractivity contribution >= 4 is 17.9 Å². The van der Waals surface area contributed by atoms with Crippen LogP contribution in [0.15, 0.2) is 72.9 Å². The number of hydrogen-bond acceptors (Lipinski definition) is 8. The molecule has 9 heteroatoms. The highest BCUT2D eigenvalue weighted by atomic mass is 16.7. The summed E-state index contributed by atoms with van der Waals surface area (Å²) in [5.41, 5.74) is 0. The molecule has 0 amide bonds. The first-order chi connectivity index (χ1) is 34.1. The average Bonchev–Trinajstić information content (AvgIpc) is 3.33. The van der Waals surface area contributed by atoms with Gasteiger partial charge in [0.15, 0.2) is 12.4 Å². The van der Waals surface area contributed by atoms with Crippen LogP contribution in [0.2, 0.25) is 0 Å². The van der Waals surface area contributed by atoms with Crippen molar-refractivity contribution in [3.05, 3.63) is 72.9 Å². The highest BCUT2D eigenvalue weighted by Gasteiger charge is 2.22. The van der Waals surface area contributed by atoms with Crippen molar-refractivity contribution in [3.8, 4) is 0 Å². The lowest BCUT2D eigenvalue weighted by Crippen LogP contribution is -2.44. The summed E-state index contributed by atoms with van der Waals surface area (Å²) in [6, 6.07) is 0. The summed E-state index contributed by atoms with van der Waals surface area (Å²) in [6.45, 7) is 4.60. The zero-order valence-corrected chi connectivity index (χ0v) is 45.9. The van der Waals surface area contributed by atoms with Crippen LogP contribution in [0.25, 0.3) is 0 Å². The molecule has 0 aliphatic carbocycles. The van der Waals surface area contributed by atoms with Crippen LogP contribution in [-0.4, -0.2) is 82.3 Å². The number of rotatable bonds is 52. The molecule has 0 N–H and O–H groups in total. The molecule has 0 aromatic heterocycles. The van der Waals surface area contributed by atoms with Crippen molar-refractivity contribution < 1.29 is 42.9 Å². The lowest BCUT2D eigenvalue weighted by atomic mass is 10.0. The maximum absolute atomic E-state index is 12.8. The van der Waals surface area contributed by atoms with E-state index in [0.29, 0.717) is 17.4 Å². The Hall–Kier alpha value is -3.27. The van der Waals surface area contributed by atoms with E-state index in [1.807, 2.05) is 21.1 Å². The Morgan fingerprint density at radius 3 is 1.23 bits per heavy atom. The molecule has 0 aromatic carbocycles. The van der Waals surface area contributed by atoms with E-state index < -0.39 is 24.3 Å². The van der Waals surface area contributed by atoms with E-state index in [0.717, 1.165) is 83.5 Å². The summed E-state index contributed by atoms with van der Waals surface area (Å²) in [5, 5.41) is 11.7. The van der Waals surface area contributed by atoms with E-state index in [4.69, 9.17) is 18.9 Å². The molecule has 404 valence electrons. The zero-order chi connectivity index (χ0) is 51.3. The molecule has 70 heavy (non-hydrogen) atoms. The normalized spacial score (nSPS) is 13.3. The van der Waals surface area contributed by atoms with Gasteiger partial charge in [0.1, 0.15) is 13.2 Å². The van der Waals surface area contributed by atoms with Crippen LogP contribution < -0.4 is 5.11 Å². The first kappa shape index (κ1) is 66.7. The number of unbranched alkanes of at least 4 members (excludes halogenated alkanes) is 25. The predicted octanol–water partition coefficient (Wildman–Crippen LogP) is 15.3. The molecule has 2 unspecified atom stereocenters. The Balaban J connectivity index is 4.09. The number of esters is 2. The van der Waals surface area contributed by atoms with Crippen LogP contribution in [0.1, 0.15) is 239 Å². The van der Waals surface area contributed by atoms with Gasteiger partial charge in [-0.25, -0.2) is 0 Å². The van der Waals surface area contributed by atoms with Crippen molar-refractivity contribution in [2.75, 3.05) is 47.5 Å². The summed E-state index contributed by atoms with van der Waals surface area (Å²) in [6.07, 6.45) is 63.9.